The van der Waals surface area contributed by atoms with E-state index in [9.17, 15) is 4.79 Å². The highest BCUT2D eigenvalue weighted by molar-refractivity contribution is 5.68. The van der Waals surface area contributed by atoms with Crippen LogP contribution in [0.2, 0.25) is 0 Å². The second-order valence-corrected chi connectivity index (χ2v) is 2.74. The summed E-state index contributed by atoms with van der Waals surface area (Å²) in [4.78, 5) is 15.1. The number of rotatable bonds is 4. The van der Waals surface area contributed by atoms with E-state index in [0.717, 1.165) is 12.8 Å². The van der Waals surface area contributed by atoms with Gasteiger partial charge in [-0.25, -0.2) is 0 Å². The third-order valence-corrected chi connectivity index (χ3v) is 1.78. The molecule has 2 N–H and O–H groups in total. The van der Waals surface area contributed by atoms with Crippen molar-refractivity contribution in [2.24, 2.45) is 0 Å². The average Bonchev–Trinajstić information content (AvgIpc) is 2.39. The Morgan fingerprint density at radius 2 is 2.18 bits per heavy atom. The molecule has 1 aliphatic carbocycles. The summed E-state index contributed by atoms with van der Waals surface area (Å²) in [5, 5.41) is 8.24. The predicted molar refractivity (Wildman–Crippen MR) is 39.0 cm³/mol. The number of hydrogen-bond acceptors (Lipinski definition) is 3. The molecule has 1 rings (SSSR count). The maximum absolute atomic E-state index is 10.0. The fraction of sp³-hybridized carbons (Fsp3) is 0.857. The van der Waals surface area contributed by atoms with Crippen molar-refractivity contribution in [1.29, 1.82) is 0 Å². The largest absolute Gasteiger partial charge is 0.480 e. The summed E-state index contributed by atoms with van der Waals surface area (Å²) in [5.74, 6) is -0.886. The molecule has 1 aliphatic rings. The van der Waals surface area contributed by atoms with Crippen LogP contribution in [0.1, 0.15) is 25.7 Å². The number of carboxylic acid groups (broad SMARTS) is 1. The molecule has 4 heteroatoms. The Kier molecular flexibility index (Phi) is 3.32. The van der Waals surface area contributed by atoms with Crippen LogP contribution in [0, 0.1) is 0 Å². The molecule has 0 bridgehead atoms. The molecular formula is C7H13NO3. The van der Waals surface area contributed by atoms with Crippen LogP contribution >= 0.6 is 0 Å². The molecule has 0 aromatic rings. The van der Waals surface area contributed by atoms with Crippen LogP contribution < -0.4 is 5.48 Å². The maximum Gasteiger partial charge on any atom is 0.319 e. The highest BCUT2D eigenvalue weighted by Crippen LogP contribution is 2.19. The monoisotopic (exact) mass is 159 g/mol. The van der Waals surface area contributed by atoms with Gasteiger partial charge in [-0.05, 0) is 12.8 Å². The molecule has 0 aliphatic heterocycles. The SMILES string of the molecule is O=C(O)CNOC1CCCC1. The molecule has 1 fully saturated rings. The summed E-state index contributed by atoms with van der Waals surface area (Å²) < 4.78 is 0. The molecule has 0 atom stereocenters. The normalized spacial score (nSPS) is 18.9. The van der Waals surface area contributed by atoms with E-state index in [1.54, 1.807) is 0 Å². The standard InChI is InChI=1S/C7H13NO3/c9-7(10)5-8-11-6-3-1-2-4-6/h6,8H,1-5H2,(H,9,10). The average molecular weight is 159 g/mol. The lowest BCUT2D eigenvalue weighted by atomic mass is 10.3. The van der Waals surface area contributed by atoms with Crippen LogP contribution in [0.4, 0.5) is 0 Å². The van der Waals surface area contributed by atoms with Crippen LogP contribution in [0.15, 0.2) is 0 Å². The van der Waals surface area contributed by atoms with Gasteiger partial charge in [0.25, 0.3) is 0 Å². The van der Waals surface area contributed by atoms with Crippen LogP contribution in [-0.4, -0.2) is 23.7 Å². The Hall–Kier alpha value is -0.610. The number of aliphatic carboxylic acids is 1. The van der Waals surface area contributed by atoms with Crippen molar-refractivity contribution in [3.63, 3.8) is 0 Å². The lowest BCUT2D eigenvalue weighted by molar-refractivity contribution is -0.140. The fourth-order valence-electron chi connectivity index (χ4n) is 1.23. The number of hydrogen-bond donors (Lipinski definition) is 2. The molecule has 0 unspecified atom stereocenters. The zero-order valence-electron chi connectivity index (χ0n) is 6.38. The van der Waals surface area contributed by atoms with Crippen molar-refractivity contribution in [2.75, 3.05) is 6.54 Å². The van der Waals surface area contributed by atoms with Crippen molar-refractivity contribution in [1.82, 2.24) is 5.48 Å². The molecular weight excluding hydrogens is 146 g/mol. The first-order valence-corrected chi connectivity index (χ1v) is 3.89. The third-order valence-electron chi connectivity index (χ3n) is 1.78. The molecule has 0 heterocycles. The molecule has 0 spiro atoms. The minimum atomic E-state index is -0.886. The van der Waals surface area contributed by atoms with E-state index >= 15 is 0 Å². The number of hydroxylamine groups is 1. The molecule has 0 saturated heterocycles. The van der Waals surface area contributed by atoms with Crippen molar-refractivity contribution >= 4 is 5.97 Å². The first kappa shape index (κ1) is 8.49. The van der Waals surface area contributed by atoms with Gasteiger partial charge in [-0.1, -0.05) is 12.8 Å². The molecule has 0 radical (unpaired) electrons. The van der Waals surface area contributed by atoms with Gasteiger partial charge in [-0.3, -0.25) is 9.63 Å². The lowest BCUT2D eigenvalue weighted by Crippen LogP contribution is -2.27. The van der Waals surface area contributed by atoms with Gasteiger partial charge in [0.2, 0.25) is 0 Å². The third kappa shape index (κ3) is 3.34. The van der Waals surface area contributed by atoms with Gasteiger partial charge < -0.3 is 5.11 Å². The highest BCUT2D eigenvalue weighted by Gasteiger charge is 2.15. The first-order valence-electron chi connectivity index (χ1n) is 3.89. The predicted octanol–water partition coefficient (Wildman–Crippen LogP) is 0.535. The molecule has 1 saturated carbocycles. The minimum absolute atomic E-state index is 0.115. The van der Waals surface area contributed by atoms with Crippen LogP contribution in [-0.2, 0) is 9.63 Å². The molecule has 64 valence electrons. The number of carboxylic acids is 1. The molecule has 4 nitrogen and oxygen atoms in total. The van der Waals surface area contributed by atoms with E-state index in [0.29, 0.717) is 0 Å². The van der Waals surface area contributed by atoms with Crippen LogP contribution in [0.3, 0.4) is 0 Å². The highest BCUT2D eigenvalue weighted by atomic mass is 16.7. The zero-order valence-corrected chi connectivity index (χ0v) is 6.38. The van der Waals surface area contributed by atoms with E-state index in [1.807, 2.05) is 0 Å². The van der Waals surface area contributed by atoms with Gasteiger partial charge in [0.15, 0.2) is 0 Å². The van der Waals surface area contributed by atoms with Gasteiger partial charge in [0.05, 0.1) is 6.10 Å². The first-order chi connectivity index (χ1) is 5.29. The molecule has 0 amide bonds. The number of nitrogens with one attached hydrogen (secondary N) is 1. The van der Waals surface area contributed by atoms with Crippen LogP contribution in [0.5, 0.6) is 0 Å². The smallest absolute Gasteiger partial charge is 0.319 e. The topological polar surface area (TPSA) is 58.6 Å². The Balaban J connectivity index is 1.98. The van der Waals surface area contributed by atoms with Gasteiger partial charge in [0.1, 0.15) is 6.54 Å². The maximum atomic E-state index is 10.0. The van der Waals surface area contributed by atoms with E-state index in [2.05, 4.69) is 5.48 Å². The van der Waals surface area contributed by atoms with Crippen molar-refractivity contribution in [3.05, 3.63) is 0 Å². The minimum Gasteiger partial charge on any atom is -0.480 e. The second kappa shape index (κ2) is 4.31. The quantitative estimate of drug-likeness (QED) is 0.587. The second-order valence-electron chi connectivity index (χ2n) is 2.74. The molecule has 11 heavy (non-hydrogen) atoms. The van der Waals surface area contributed by atoms with Crippen molar-refractivity contribution < 1.29 is 14.7 Å². The summed E-state index contributed by atoms with van der Waals surface area (Å²) >= 11 is 0. The Bertz CT molecular complexity index is 132. The zero-order chi connectivity index (χ0) is 8.10. The van der Waals surface area contributed by atoms with Gasteiger partial charge in [0, 0.05) is 0 Å². The summed E-state index contributed by atoms with van der Waals surface area (Å²) in [7, 11) is 0. The van der Waals surface area contributed by atoms with E-state index < -0.39 is 5.97 Å². The van der Waals surface area contributed by atoms with Crippen LogP contribution in [0.25, 0.3) is 0 Å². The summed E-state index contributed by atoms with van der Waals surface area (Å²) in [6.07, 6.45) is 4.72. The van der Waals surface area contributed by atoms with E-state index in [4.69, 9.17) is 9.94 Å². The van der Waals surface area contributed by atoms with E-state index in [-0.39, 0.29) is 12.6 Å². The Morgan fingerprint density at radius 1 is 1.55 bits per heavy atom. The van der Waals surface area contributed by atoms with Gasteiger partial charge in [-0.2, -0.15) is 5.48 Å². The summed E-state index contributed by atoms with van der Waals surface area (Å²) in [5.41, 5.74) is 2.43. The lowest BCUT2D eigenvalue weighted by Gasteiger charge is -2.09. The van der Waals surface area contributed by atoms with E-state index in [1.165, 1.54) is 12.8 Å². The number of carbonyl (C=O) groups is 1. The fourth-order valence-corrected chi connectivity index (χ4v) is 1.23. The van der Waals surface area contributed by atoms with Crippen molar-refractivity contribution in [2.45, 2.75) is 31.8 Å². The summed E-state index contributed by atoms with van der Waals surface area (Å²) in [6.45, 7) is -0.115. The Morgan fingerprint density at radius 3 is 2.73 bits per heavy atom. The molecule has 0 aromatic carbocycles. The van der Waals surface area contributed by atoms with Gasteiger partial charge in [-0.15, -0.1) is 0 Å². The molecule has 0 aromatic heterocycles. The Labute approximate surface area is 65.5 Å². The van der Waals surface area contributed by atoms with Gasteiger partial charge >= 0.3 is 5.97 Å². The summed E-state index contributed by atoms with van der Waals surface area (Å²) in [6, 6.07) is 0. The van der Waals surface area contributed by atoms with Crippen molar-refractivity contribution in [3.8, 4) is 0 Å².